The van der Waals surface area contributed by atoms with Crippen molar-refractivity contribution in [1.29, 1.82) is 0 Å². The van der Waals surface area contributed by atoms with E-state index in [0.717, 1.165) is 0 Å². The number of aromatic hydroxyl groups is 2. The molecule has 8 heteroatoms. The number of nitrogens with one attached hydrogen (secondary N) is 1. The quantitative estimate of drug-likeness (QED) is 0.572. The van der Waals surface area contributed by atoms with Gasteiger partial charge in [0.1, 0.15) is 5.69 Å². The van der Waals surface area contributed by atoms with E-state index < -0.39 is 4.92 Å². The number of fused-ring (bicyclic) bond motifs is 1. The van der Waals surface area contributed by atoms with Gasteiger partial charge in [0, 0.05) is 23.8 Å². The maximum atomic E-state index is 10.8. The van der Waals surface area contributed by atoms with Gasteiger partial charge < -0.3 is 15.1 Å². The predicted molar refractivity (Wildman–Crippen MR) is 71.6 cm³/mol. The highest BCUT2D eigenvalue weighted by molar-refractivity contribution is 5.86. The number of aromatic nitrogens is 1. The Hall–Kier alpha value is -3.03. The minimum atomic E-state index is -0.470. The highest BCUT2D eigenvalue weighted by Crippen LogP contribution is 2.35. The number of non-ortho nitro benzene ring substituents is 1. The summed E-state index contributed by atoms with van der Waals surface area (Å²) < 4.78 is 0. The first-order valence-corrected chi connectivity index (χ1v) is 5.73. The molecule has 1 aromatic heterocycles. The van der Waals surface area contributed by atoms with Gasteiger partial charge in [-0.15, -0.1) is 0 Å². The van der Waals surface area contributed by atoms with Crippen molar-refractivity contribution in [2.75, 3.05) is 4.90 Å². The largest absolute Gasteiger partial charge is 0.494 e. The van der Waals surface area contributed by atoms with Crippen LogP contribution in [0.1, 0.15) is 5.56 Å². The Labute approximate surface area is 112 Å². The number of nitro groups is 1. The predicted octanol–water partition coefficient (Wildman–Crippen LogP) is 2.01. The molecule has 1 aliphatic rings. The van der Waals surface area contributed by atoms with Crippen molar-refractivity contribution in [1.82, 2.24) is 4.98 Å². The molecule has 0 atom stereocenters. The van der Waals surface area contributed by atoms with E-state index in [2.05, 4.69) is 9.98 Å². The van der Waals surface area contributed by atoms with Gasteiger partial charge in [-0.25, -0.2) is 4.99 Å². The van der Waals surface area contributed by atoms with Crippen LogP contribution in [0.3, 0.4) is 0 Å². The highest BCUT2D eigenvalue weighted by atomic mass is 16.6. The highest BCUT2D eigenvalue weighted by Gasteiger charge is 2.20. The van der Waals surface area contributed by atoms with E-state index in [1.54, 1.807) is 11.0 Å². The maximum Gasteiger partial charge on any atom is 0.269 e. The Morgan fingerprint density at radius 2 is 2.15 bits per heavy atom. The van der Waals surface area contributed by atoms with Crippen LogP contribution < -0.4 is 4.90 Å². The van der Waals surface area contributed by atoms with E-state index in [-0.39, 0.29) is 17.4 Å². The SMILES string of the molecule is O=[N+]([O-])c1ccc2c(c1)CN(c1cc(O)[nH]c1O)C=N2. The summed E-state index contributed by atoms with van der Waals surface area (Å²) in [6.45, 7) is 0.311. The summed E-state index contributed by atoms with van der Waals surface area (Å²) in [4.78, 5) is 18.4. The molecule has 0 unspecified atom stereocenters. The molecule has 2 heterocycles. The van der Waals surface area contributed by atoms with Gasteiger partial charge in [-0.3, -0.25) is 15.1 Å². The van der Waals surface area contributed by atoms with Crippen LogP contribution in [0.4, 0.5) is 17.1 Å². The van der Waals surface area contributed by atoms with Crippen LogP contribution in [0.5, 0.6) is 11.8 Å². The second-order valence-electron chi connectivity index (χ2n) is 4.33. The summed E-state index contributed by atoms with van der Waals surface area (Å²) in [6.07, 6.45) is 1.50. The van der Waals surface area contributed by atoms with Crippen LogP contribution in [-0.2, 0) is 6.54 Å². The van der Waals surface area contributed by atoms with Gasteiger partial charge in [0.15, 0.2) is 5.88 Å². The molecule has 1 aliphatic heterocycles. The van der Waals surface area contributed by atoms with Gasteiger partial charge in [-0.1, -0.05) is 0 Å². The molecule has 20 heavy (non-hydrogen) atoms. The molecular weight excluding hydrogens is 264 g/mol. The Kier molecular flexibility index (Phi) is 2.56. The van der Waals surface area contributed by atoms with Gasteiger partial charge in [0.05, 0.1) is 23.5 Å². The summed E-state index contributed by atoms with van der Waals surface area (Å²) >= 11 is 0. The lowest BCUT2D eigenvalue weighted by Gasteiger charge is -2.23. The standard InChI is InChI=1S/C12H10N4O4/c17-11-4-10(12(18)14-11)15-5-7-3-8(16(19)20)1-2-9(7)13-6-15/h1-4,6,14,17-18H,5H2. The van der Waals surface area contributed by atoms with E-state index in [0.29, 0.717) is 23.5 Å². The second-order valence-corrected chi connectivity index (χ2v) is 4.33. The number of H-pyrrole nitrogens is 1. The van der Waals surface area contributed by atoms with Crippen molar-refractivity contribution in [3.05, 3.63) is 39.9 Å². The second kappa shape index (κ2) is 4.26. The van der Waals surface area contributed by atoms with Crippen molar-refractivity contribution in [2.45, 2.75) is 6.54 Å². The number of nitro benzene ring substituents is 1. The van der Waals surface area contributed by atoms with Crippen molar-refractivity contribution in [3.63, 3.8) is 0 Å². The Morgan fingerprint density at radius 1 is 1.35 bits per heavy atom. The molecule has 0 saturated heterocycles. The molecule has 0 spiro atoms. The monoisotopic (exact) mass is 274 g/mol. The molecule has 8 nitrogen and oxygen atoms in total. The molecule has 1 aromatic carbocycles. The van der Waals surface area contributed by atoms with E-state index in [4.69, 9.17) is 0 Å². The molecule has 102 valence electrons. The smallest absolute Gasteiger partial charge is 0.269 e. The minimum absolute atomic E-state index is 0.0121. The van der Waals surface area contributed by atoms with Crippen LogP contribution in [0, 0.1) is 10.1 Å². The molecule has 0 amide bonds. The lowest BCUT2D eigenvalue weighted by atomic mass is 10.1. The van der Waals surface area contributed by atoms with Crippen molar-refractivity contribution >= 4 is 23.4 Å². The third-order valence-corrected chi connectivity index (χ3v) is 3.02. The number of aliphatic imine (C=N–C) groups is 1. The maximum absolute atomic E-state index is 10.8. The van der Waals surface area contributed by atoms with Crippen LogP contribution in [0.25, 0.3) is 0 Å². The van der Waals surface area contributed by atoms with Crippen LogP contribution in [0.2, 0.25) is 0 Å². The number of anilines is 1. The zero-order valence-electron chi connectivity index (χ0n) is 10.1. The number of aromatic amines is 1. The van der Waals surface area contributed by atoms with Gasteiger partial charge in [0.2, 0.25) is 5.88 Å². The van der Waals surface area contributed by atoms with Gasteiger partial charge in [-0.05, 0) is 6.07 Å². The molecule has 0 saturated carbocycles. The molecule has 0 aliphatic carbocycles. The molecular formula is C12H10N4O4. The van der Waals surface area contributed by atoms with Crippen LogP contribution in [-0.4, -0.2) is 26.5 Å². The average Bonchev–Trinajstić information content (AvgIpc) is 2.76. The first-order valence-electron chi connectivity index (χ1n) is 5.73. The van der Waals surface area contributed by atoms with Crippen LogP contribution in [0.15, 0.2) is 29.3 Å². The summed E-state index contributed by atoms with van der Waals surface area (Å²) in [7, 11) is 0. The number of hydrogen-bond acceptors (Lipinski definition) is 6. The van der Waals surface area contributed by atoms with Crippen molar-refractivity contribution < 1.29 is 15.1 Å². The number of hydrogen-bond donors (Lipinski definition) is 3. The fraction of sp³-hybridized carbons (Fsp3) is 0.0833. The van der Waals surface area contributed by atoms with Gasteiger partial charge in [0.25, 0.3) is 5.69 Å². The summed E-state index contributed by atoms with van der Waals surface area (Å²) in [5.74, 6) is -0.362. The fourth-order valence-electron chi connectivity index (χ4n) is 2.08. The molecule has 0 radical (unpaired) electrons. The number of nitrogens with zero attached hydrogens (tertiary/aromatic N) is 3. The zero-order valence-corrected chi connectivity index (χ0v) is 10.1. The third-order valence-electron chi connectivity index (χ3n) is 3.02. The average molecular weight is 274 g/mol. The number of rotatable bonds is 2. The van der Waals surface area contributed by atoms with Gasteiger partial charge >= 0.3 is 0 Å². The van der Waals surface area contributed by atoms with Gasteiger partial charge in [-0.2, -0.15) is 0 Å². The van der Waals surface area contributed by atoms with E-state index in [1.165, 1.54) is 24.5 Å². The summed E-state index contributed by atoms with van der Waals surface area (Å²) in [5.41, 5.74) is 1.65. The lowest BCUT2D eigenvalue weighted by molar-refractivity contribution is -0.384. The first kappa shape index (κ1) is 12.0. The normalized spacial score (nSPS) is 13.3. The van der Waals surface area contributed by atoms with Crippen LogP contribution >= 0.6 is 0 Å². The topological polar surface area (TPSA) is 115 Å². The Morgan fingerprint density at radius 3 is 2.80 bits per heavy atom. The van der Waals surface area contributed by atoms with E-state index in [9.17, 15) is 20.3 Å². The summed E-state index contributed by atoms with van der Waals surface area (Å²) in [5, 5.41) is 29.7. The third kappa shape index (κ3) is 1.92. The first-order chi connectivity index (χ1) is 9.54. The zero-order chi connectivity index (χ0) is 14.3. The Balaban J connectivity index is 1.97. The van der Waals surface area contributed by atoms with Crippen molar-refractivity contribution in [3.8, 4) is 11.8 Å². The molecule has 0 fully saturated rings. The number of benzene rings is 1. The minimum Gasteiger partial charge on any atom is -0.494 e. The lowest BCUT2D eigenvalue weighted by Crippen LogP contribution is -2.22. The van der Waals surface area contributed by atoms with E-state index >= 15 is 0 Å². The fourth-order valence-corrected chi connectivity index (χ4v) is 2.08. The molecule has 2 aromatic rings. The van der Waals surface area contributed by atoms with Crippen molar-refractivity contribution in [2.24, 2.45) is 4.99 Å². The molecule has 0 bridgehead atoms. The molecule has 3 N–H and O–H groups in total. The summed E-state index contributed by atoms with van der Waals surface area (Å²) in [6, 6.07) is 5.77. The Bertz CT molecular complexity index is 722. The molecule has 3 rings (SSSR count). The van der Waals surface area contributed by atoms with E-state index in [1.807, 2.05) is 0 Å².